The number of ether oxygens (including phenoxy) is 2. The van der Waals surface area contributed by atoms with Crippen molar-refractivity contribution in [3.05, 3.63) is 118 Å². The lowest BCUT2D eigenvalue weighted by molar-refractivity contribution is -0.129. The van der Waals surface area contributed by atoms with E-state index in [0.29, 0.717) is 12.5 Å². The zero-order valence-electron chi connectivity index (χ0n) is 17.0. The topological polar surface area (TPSA) is 47.9 Å². The average molecular weight is 484 g/mol. The first-order valence-electron chi connectivity index (χ1n) is 10.1. The van der Waals surface area contributed by atoms with Gasteiger partial charge in [0.1, 0.15) is 12.4 Å². The van der Waals surface area contributed by atoms with Crippen LogP contribution in [-0.4, -0.2) is 11.9 Å². The van der Waals surface area contributed by atoms with Gasteiger partial charge in [-0.25, -0.2) is 9.79 Å². The number of esters is 1. The molecule has 0 unspecified atom stereocenters. The number of fused-ring (bicyclic) bond motifs is 1. The van der Waals surface area contributed by atoms with Crippen molar-refractivity contribution in [1.29, 1.82) is 0 Å². The first-order valence-corrected chi connectivity index (χ1v) is 10.9. The molecule has 32 heavy (non-hydrogen) atoms. The Morgan fingerprint density at radius 3 is 2.50 bits per heavy atom. The summed E-state index contributed by atoms with van der Waals surface area (Å²) in [5.74, 6) is 0.616. The summed E-state index contributed by atoms with van der Waals surface area (Å²) in [6, 6.07) is 29.4. The summed E-state index contributed by atoms with van der Waals surface area (Å²) in [4.78, 5) is 16.8. The Balaban J connectivity index is 1.31. The SMILES string of the molecule is O=C1OC(c2ccc3ccccc3c2)=N/C1=C\c1ccc(OCc2cccc(Br)c2)cc1. The van der Waals surface area contributed by atoms with Crippen molar-refractivity contribution in [1.82, 2.24) is 0 Å². The van der Waals surface area contributed by atoms with Crippen molar-refractivity contribution in [3.8, 4) is 5.75 Å². The van der Waals surface area contributed by atoms with E-state index in [-0.39, 0.29) is 5.70 Å². The highest BCUT2D eigenvalue weighted by Crippen LogP contribution is 2.23. The number of rotatable bonds is 5. The predicted molar refractivity (Wildman–Crippen MR) is 129 cm³/mol. The normalized spacial score (nSPS) is 14.5. The maximum Gasteiger partial charge on any atom is 0.363 e. The van der Waals surface area contributed by atoms with Crippen LogP contribution in [0.25, 0.3) is 16.8 Å². The predicted octanol–water partition coefficient (Wildman–Crippen LogP) is 6.53. The van der Waals surface area contributed by atoms with Gasteiger partial charge in [0.25, 0.3) is 0 Å². The van der Waals surface area contributed by atoms with E-state index in [2.05, 4.69) is 20.9 Å². The Kier molecular flexibility index (Phi) is 5.57. The van der Waals surface area contributed by atoms with Crippen LogP contribution < -0.4 is 4.74 Å². The van der Waals surface area contributed by atoms with Gasteiger partial charge in [0, 0.05) is 10.0 Å². The fourth-order valence-corrected chi connectivity index (χ4v) is 3.91. The molecule has 1 aliphatic rings. The maximum atomic E-state index is 12.3. The van der Waals surface area contributed by atoms with Crippen molar-refractivity contribution in [2.75, 3.05) is 0 Å². The van der Waals surface area contributed by atoms with Crippen molar-refractivity contribution in [2.24, 2.45) is 4.99 Å². The van der Waals surface area contributed by atoms with Crippen molar-refractivity contribution < 1.29 is 14.3 Å². The molecule has 1 aliphatic heterocycles. The van der Waals surface area contributed by atoms with Crippen LogP contribution in [0.3, 0.4) is 0 Å². The first-order chi connectivity index (χ1) is 15.6. The summed E-state index contributed by atoms with van der Waals surface area (Å²) < 4.78 is 12.3. The van der Waals surface area contributed by atoms with Crippen LogP contribution >= 0.6 is 15.9 Å². The zero-order valence-corrected chi connectivity index (χ0v) is 18.6. The Hall–Kier alpha value is -3.70. The second kappa shape index (κ2) is 8.81. The molecule has 4 aromatic carbocycles. The molecule has 0 N–H and O–H groups in total. The molecule has 156 valence electrons. The molecule has 0 saturated heterocycles. The molecule has 0 bridgehead atoms. The van der Waals surface area contributed by atoms with Gasteiger partial charge in [-0.1, -0.05) is 70.5 Å². The third-order valence-electron chi connectivity index (χ3n) is 5.09. The lowest BCUT2D eigenvalue weighted by Crippen LogP contribution is -2.05. The molecule has 5 heteroatoms. The summed E-state index contributed by atoms with van der Waals surface area (Å²) in [6.07, 6.45) is 1.72. The number of carbonyl (C=O) groups excluding carboxylic acids is 1. The third-order valence-corrected chi connectivity index (χ3v) is 5.59. The molecule has 4 nitrogen and oxygen atoms in total. The minimum atomic E-state index is -0.455. The number of cyclic esters (lactones) is 1. The number of nitrogens with zero attached hydrogens (tertiary/aromatic N) is 1. The molecule has 0 spiro atoms. The second-order valence-corrected chi connectivity index (χ2v) is 8.30. The zero-order chi connectivity index (χ0) is 21.9. The number of halogens is 1. The standard InChI is InChI=1S/C27H18BrNO3/c28-23-7-3-4-19(14-23)17-31-24-12-8-18(9-13-24)15-25-27(30)32-26(29-25)22-11-10-20-5-1-2-6-21(20)16-22/h1-16H,17H2/b25-15-. The summed E-state index contributed by atoms with van der Waals surface area (Å²) >= 11 is 3.46. The third kappa shape index (κ3) is 4.48. The smallest absolute Gasteiger partial charge is 0.363 e. The summed E-state index contributed by atoms with van der Waals surface area (Å²) in [6.45, 7) is 0.478. The Bertz CT molecular complexity index is 1370. The van der Waals surface area contributed by atoms with Crippen LogP contribution in [0.1, 0.15) is 16.7 Å². The quantitative estimate of drug-likeness (QED) is 0.239. The van der Waals surface area contributed by atoms with Crippen LogP contribution in [0, 0.1) is 0 Å². The van der Waals surface area contributed by atoms with E-state index >= 15 is 0 Å². The number of aliphatic imine (C=N–C) groups is 1. The number of benzene rings is 4. The van der Waals surface area contributed by atoms with Gasteiger partial charge in [-0.05, 0) is 64.4 Å². The molecular formula is C27H18BrNO3. The largest absolute Gasteiger partial charge is 0.489 e. The molecule has 0 aromatic heterocycles. The number of hydrogen-bond donors (Lipinski definition) is 0. The van der Waals surface area contributed by atoms with E-state index in [1.54, 1.807) is 6.08 Å². The highest BCUT2D eigenvalue weighted by Gasteiger charge is 2.24. The van der Waals surface area contributed by atoms with E-state index in [1.165, 1.54) is 0 Å². The van der Waals surface area contributed by atoms with Gasteiger partial charge in [0.05, 0.1) is 0 Å². The van der Waals surface area contributed by atoms with Crippen molar-refractivity contribution >= 4 is 44.6 Å². The maximum absolute atomic E-state index is 12.3. The number of hydrogen-bond acceptors (Lipinski definition) is 4. The fourth-order valence-electron chi connectivity index (χ4n) is 3.47. The monoisotopic (exact) mass is 483 g/mol. The van der Waals surface area contributed by atoms with Gasteiger partial charge < -0.3 is 9.47 Å². The average Bonchev–Trinajstić information content (AvgIpc) is 3.18. The fraction of sp³-hybridized carbons (Fsp3) is 0.0370. The van der Waals surface area contributed by atoms with E-state index < -0.39 is 5.97 Å². The molecule has 0 saturated carbocycles. The second-order valence-electron chi connectivity index (χ2n) is 7.39. The van der Waals surface area contributed by atoms with Crippen LogP contribution in [0.4, 0.5) is 0 Å². The molecule has 5 rings (SSSR count). The molecule has 1 heterocycles. The van der Waals surface area contributed by atoms with Gasteiger partial charge in [-0.2, -0.15) is 0 Å². The highest BCUT2D eigenvalue weighted by molar-refractivity contribution is 9.10. The molecule has 0 amide bonds. The molecule has 4 aromatic rings. The van der Waals surface area contributed by atoms with Gasteiger partial charge in [-0.3, -0.25) is 0 Å². The first kappa shape index (κ1) is 20.2. The van der Waals surface area contributed by atoms with Gasteiger partial charge >= 0.3 is 5.97 Å². The molecule has 0 fully saturated rings. The lowest BCUT2D eigenvalue weighted by atomic mass is 10.1. The lowest BCUT2D eigenvalue weighted by Gasteiger charge is -2.07. The van der Waals surface area contributed by atoms with E-state index in [9.17, 15) is 4.79 Å². The van der Waals surface area contributed by atoms with Gasteiger partial charge in [-0.15, -0.1) is 0 Å². The van der Waals surface area contributed by atoms with Crippen LogP contribution in [-0.2, 0) is 16.1 Å². The Morgan fingerprint density at radius 1 is 0.875 bits per heavy atom. The molecule has 0 atom stereocenters. The molecular weight excluding hydrogens is 466 g/mol. The van der Waals surface area contributed by atoms with E-state index in [0.717, 1.165) is 37.7 Å². The van der Waals surface area contributed by atoms with Crippen LogP contribution in [0.15, 0.2) is 106 Å². The van der Waals surface area contributed by atoms with Gasteiger partial charge in [0.15, 0.2) is 5.70 Å². The number of carbonyl (C=O) groups is 1. The minimum absolute atomic E-state index is 0.274. The van der Waals surface area contributed by atoms with Crippen molar-refractivity contribution in [2.45, 2.75) is 6.61 Å². The summed E-state index contributed by atoms with van der Waals surface area (Å²) in [5, 5.41) is 2.19. The van der Waals surface area contributed by atoms with Crippen molar-refractivity contribution in [3.63, 3.8) is 0 Å². The van der Waals surface area contributed by atoms with E-state index in [4.69, 9.17) is 9.47 Å². The van der Waals surface area contributed by atoms with Crippen LogP contribution in [0.2, 0.25) is 0 Å². The highest BCUT2D eigenvalue weighted by atomic mass is 79.9. The Morgan fingerprint density at radius 2 is 1.69 bits per heavy atom. The summed E-state index contributed by atoms with van der Waals surface area (Å²) in [5.41, 5.74) is 2.97. The van der Waals surface area contributed by atoms with Gasteiger partial charge in [0.2, 0.25) is 5.90 Å². The van der Waals surface area contributed by atoms with E-state index in [1.807, 2.05) is 91.0 Å². The molecule has 0 aliphatic carbocycles. The summed E-state index contributed by atoms with van der Waals surface area (Å²) in [7, 11) is 0. The Labute approximate surface area is 194 Å². The minimum Gasteiger partial charge on any atom is -0.489 e. The molecule has 0 radical (unpaired) electrons. The van der Waals surface area contributed by atoms with Crippen LogP contribution in [0.5, 0.6) is 5.75 Å².